The zero-order valence-corrected chi connectivity index (χ0v) is 23.5. The Balaban J connectivity index is 1.36. The van der Waals surface area contributed by atoms with Gasteiger partial charge < -0.3 is 18.2 Å². The predicted octanol–water partition coefficient (Wildman–Crippen LogP) is 12.5. The normalized spacial score (nSPS) is 16.2. The molecule has 0 bridgehead atoms. The number of rotatable bonds is 4. The molecule has 0 atom stereocenters. The maximum atomic E-state index is 9.66. The van der Waals surface area contributed by atoms with Gasteiger partial charge in [0, 0.05) is 61.4 Å². The zero-order valence-electron chi connectivity index (χ0n) is 37.5. The summed E-state index contributed by atoms with van der Waals surface area (Å²) in [5.41, 5.74) is 0.254. The van der Waals surface area contributed by atoms with Crippen LogP contribution in [0.4, 0.5) is 17.1 Å². The summed E-state index contributed by atoms with van der Waals surface area (Å²) in [6.07, 6.45) is 0. The molecule has 10 rings (SSSR count). The molecule has 10 aromatic rings. The topological polar surface area (TPSA) is 42.7 Å². The number of benzene rings is 7. The number of para-hydroxylation sites is 4. The standard InChI is InChI=1S/C42H25NO3/c1-5-15-35(28(10-1)33-14-9-19-39-42(33)34-13-4-8-18-38(34)44-39)43(26-20-22-31-29-11-2-6-16-36(29)45-40(31)24-26)27-21-23-32-30-12-3-7-17-37(30)46-41(32)25-27/h1-25H/i2D,4D,6D,8D,9D,11D,13D,14D,16D,18D,19D,20D,22D,24D. The van der Waals surface area contributed by atoms with E-state index >= 15 is 0 Å². The first-order valence-corrected chi connectivity index (χ1v) is 14.3. The van der Waals surface area contributed by atoms with Gasteiger partial charge in [-0.25, -0.2) is 0 Å². The Bertz CT molecular complexity index is 3570. The van der Waals surface area contributed by atoms with Crippen LogP contribution in [-0.4, -0.2) is 0 Å². The van der Waals surface area contributed by atoms with Crippen LogP contribution in [0.1, 0.15) is 19.2 Å². The highest BCUT2D eigenvalue weighted by molar-refractivity contribution is 6.14. The lowest BCUT2D eigenvalue weighted by Gasteiger charge is -2.28. The van der Waals surface area contributed by atoms with Gasteiger partial charge in [0.05, 0.1) is 24.9 Å². The van der Waals surface area contributed by atoms with E-state index in [0.29, 0.717) is 16.9 Å². The molecule has 0 aliphatic heterocycles. The van der Waals surface area contributed by atoms with E-state index in [2.05, 4.69) is 0 Å². The SMILES string of the molecule is [2H]c1c([2H])c([2H])c2c(oc3c([2H])c(N(c4ccc5c(c4)oc4ccccc45)c4ccccc4-c4c([2H])c([2H])c([2H])c5oc6c([2H])c([2H])c([2H])c([2H])c6c45)c([2H])c([2H])c32)c1[2H]. The van der Waals surface area contributed by atoms with Gasteiger partial charge in [-0.1, -0.05) is 84.7 Å². The summed E-state index contributed by atoms with van der Waals surface area (Å²) < 4.78 is 142. The van der Waals surface area contributed by atoms with Crippen molar-refractivity contribution in [2.45, 2.75) is 0 Å². The number of hydrogen-bond donors (Lipinski definition) is 0. The number of nitrogens with zero attached hydrogens (tertiary/aromatic N) is 1. The number of fused-ring (bicyclic) bond motifs is 9. The van der Waals surface area contributed by atoms with E-state index in [-0.39, 0.29) is 66.4 Å². The van der Waals surface area contributed by atoms with E-state index < -0.39 is 84.6 Å². The molecule has 0 N–H and O–H groups in total. The van der Waals surface area contributed by atoms with Crippen LogP contribution in [0.15, 0.2) is 165 Å². The Morgan fingerprint density at radius 3 is 2.07 bits per heavy atom. The van der Waals surface area contributed by atoms with Crippen LogP contribution in [0.3, 0.4) is 0 Å². The third-order valence-corrected chi connectivity index (χ3v) is 8.08. The van der Waals surface area contributed by atoms with Crippen LogP contribution < -0.4 is 4.90 Å². The summed E-state index contributed by atoms with van der Waals surface area (Å²) >= 11 is 0. The van der Waals surface area contributed by atoms with Crippen LogP contribution in [0.5, 0.6) is 0 Å². The van der Waals surface area contributed by atoms with E-state index in [1.54, 1.807) is 48.5 Å². The maximum absolute atomic E-state index is 9.66. The first-order valence-electron chi connectivity index (χ1n) is 21.3. The Hall–Kier alpha value is -6.26. The Morgan fingerprint density at radius 1 is 0.435 bits per heavy atom. The van der Waals surface area contributed by atoms with Gasteiger partial charge in [0.2, 0.25) is 0 Å². The summed E-state index contributed by atoms with van der Waals surface area (Å²) in [6.45, 7) is 0. The molecule has 0 saturated carbocycles. The third-order valence-electron chi connectivity index (χ3n) is 8.08. The Morgan fingerprint density at radius 2 is 1.13 bits per heavy atom. The molecule has 0 amide bonds. The van der Waals surface area contributed by atoms with Crippen molar-refractivity contribution in [2.75, 3.05) is 4.90 Å². The van der Waals surface area contributed by atoms with Gasteiger partial charge in [-0.05, 0) is 60.0 Å². The van der Waals surface area contributed by atoms with Gasteiger partial charge in [0.1, 0.15) is 33.5 Å². The quantitative estimate of drug-likeness (QED) is 0.200. The first kappa shape index (κ1) is 15.2. The lowest BCUT2D eigenvalue weighted by molar-refractivity contribution is 0.668. The molecule has 4 heteroatoms. The highest BCUT2D eigenvalue weighted by Crippen LogP contribution is 2.46. The molecule has 0 aliphatic rings. The fourth-order valence-corrected chi connectivity index (χ4v) is 6.08. The average Bonchev–Trinajstić information content (AvgIpc) is 3.96. The lowest BCUT2D eigenvalue weighted by Crippen LogP contribution is -2.11. The largest absolute Gasteiger partial charge is 0.456 e. The van der Waals surface area contributed by atoms with Crippen molar-refractivity contribution in [1.82, 2.24) is 0 Å². The molecule has 3 heterocycles. The van der Waals surface area contributed by atoms with Crippen molar-refractivity contribution in [3.8, 4) is 11.1 Å². The molecule has 216 valence electrons. The summed E-state index contributed by atoms with van der Waals surface area (Å²) in [5.74, 6) is 0. The van der Waals surface area contributed by atoms with Gasteiger partial charge in [-0.2, -0.15) is 0 Å². The van der Waals surface area contributed by atoms with E-state index in [4.69, 9.17) is 27.0 Å². The zero-order chi connectivity index (χ0) is 42.4. The molecule has 0 saturated heterocycles. The molecule has 3 aromatic heterocycles. The monoisotopic (exact) mass is 605 g/mol. The van der Waals surface area contributed by atoms with Crippen molar-refractivity contribution in [2.24, 2.45) is 0 Å². The van der Waals surface area contributed by atoms with Crippen LogP contribution in [-0.2, 0) is 0 Å². The van der Waals surface area contributed by atoms with Crippen molar-refractivity contribution in [3.05, 3.63) is 151 Å². The van der Waals surface area contributed by atoms with Crippen molar-refractivity contribution in [1.29, 1.82) is 0 Å². The smallest absolute Gasteiger partial charge is 0.137 e. The van der Waals surface area contributed by atoms with Crippen LogP contribution in [0.2, 0.25) is 0 Å². The van der Waals surface area contributed by atoms with E-state index in [1.807, 2.05) is 18.2 Å². The number of anilines is 3. The van der Waals surface area contributed by atoms with Crippen molar-refractivity contribution in [3.63, 3.8) is 0 Å². The highest BCUT2D eigenvalue weighted by atomic mass is 16.3. The fourth-order valence-electron chi connectivity index (χ4n) is 6.08. The minimum atomic E-state index is -0.579. The molecule has 4 nitrogen and oxygen atoms in total. The highest BCUT2D eigenvalue weighted by Gasteiger charge is 2.22. The Kier molecular flexibility index (Phi) is 3.17. The second kappa shape index (κ2) is 9.62. The van der Waals surface area contributed by atoms with Gasteiger partial charge in [-0.15, -0.1) is 0 Å². The second-order valence-corrected chi connectivity index (χ2v) is 10.6. The first-order chi connectivity index (χ1) is 28.6. The van der Waals surface area contributed by atoms with E-state index in [0.717, 1.165) is 10.8 Å². The summed E-state index contributed by atoms with van der Waals surface area (Å²) in [6, 6.07) is 11.7. The molecule has 0 aliphatic carbocycles. The number of furan rings is 3. The molecule has 0 radical (unpaired) electrons. The second-order valence-electron chi connectivity index (χ2n) is 10.6. The predicted molar refractivity (Wildman–Crippen MR) is 188 cm³/mol. The van der Waals surface area contributed by atoms with Crippen LogP contribution in [0.25, 0.3) is 76.9 Å². The fraction of sp³-hybridized carbons (Fsp3) is 0. The number of hydrogen-bond acceptors (Lipinski definition) is 4. The average molecular weight is 606 g/mol. The minimum absolute atomic E-state index is 0.0300. The van der Waals surface area contributed by atoms with Crippen LogP contribution >= 0.6 is 0 Å². The van der Waals surface area contributed by atoms with Gasteiger partial charge >= 0.3 is 0 Å². The molecule has 0 unspecified atom stereocenters. The molecular weight excluding hydrogens is 566 g/mol. The van der Waals surface area contributed by atoms with Gasteiger partial charge in [-0.3, -0.25) is 0 Å². The molecule has 7 aromatic carbocycles. The third kappa shape index (κ3) is 3.67. The van der Waals surface area contributed by atoms with Gasteiger partial charge in [0.15, 0.2) is 0 Å². The summed E-state index contributed by atoms with van der Waals surface area (Å²) in [5, 5.41) is 1.12. The van der Waals surface area contributed by atoms with Crippen molar-refractivity contribution >= 4 is 82.9 Å². The van der Waals surface area contributed by atoms with E-state index in [1.165, 1.54) is 4.90 Å². The molecule has 0 fully saturated rings. The minimum Gasteiger partial charge on any atom is -0.456 e. The van der Waals surface area contributed by atoms with Crippen molar-refractivity contribution < 1.29 is 32.4 Å². The summed E-state index contributed by atoms with van der Waals surface area (Å²) in [4.78, 5) is 1.47. The maximum Gasteiger partial charge on any atom is 0.137 e. The Labute approximate surface area is 283 Å². The molecular formula is C42H25NO3. The molecule has 0 spiro atoms. The van der Waals surface area contributed by atoms with Crippen LogP contribution in [0, 0.1) is 0 Å². The van der Waals surface area contributed by atoms with Gasteiger partial charge in [0.25, 0.3) is 0 Å². The van der Waals surface area contributed by atoms with E-state index in [9.17, 15) is 5.48 Å². The summed E-state index contributed by atoms with van der Waals surface area (Å²) in [7, 11) is 0. The lowest BCUT2D eigenvalue weighted by atomic mass is 9.97. The molecule has 46 heavy (non-hydrogen) atoms.